The molecule has 2 heterocycles. The summed E-state index contributed by atoms with van der Waals surface area (Å²) in [6.45, 7) is 1.85. The Bertz CT molecular complexity index is 1550. The van der Waals surface area contributed by atoms with Gasteiger partial charge in [0.25, 0.3) is 5.91 Å². The van der Waals surface area contributed by atoms with E-state index in [1.165, 1.54) is 18.7 Å². The zero-order valence-corrected chi connectivity index (χ0v) is 26.3. The maximum absolute atomic E-state index is 13.7. The fourth-order valence-electron chi connectivity index (χ4n) is 5.75. The predicted octanol–water partition coefficient (Wildman–Crippen LogP) is 5.95. The molecule has 1 saturated heterocycles. The molecule has 1 aliphatic rings. The van der Waals surface area contributed by atoms with Crippen LogP contribution in [0.5, 0.6) is 5.75 Å². The van der Waals surface area contributed by atoms with Crippen LogP contribution in [0.25, 0.3) is 10.9 Å². The number of carboxylic acid groups (broad SMARTS) is 1. The Morgan fingerprint density at radius 1 is 1.04 bits per heavy atom. The number of hydrogen-bond acceptors (Lipinski definition) is 6. The average Bonchev–Trinajstić information content (AvgIpc) is 3.37. The van der Waals surface area contributed by atoms with E-state index in [9.17, 15) is 22.8 Å². The van der Waals surface area contributed by atoms with Crippen molar-refractivity contribution in [2.45, 2.75) is 63.7 Å². The summed E-state index contributed by atoms with van der Waals surface area (Å²) >= 11 is 0. The van der Waals surface area contributed by atoms with E-state index in [1.54, 1.807) is 36.4 Å². The smallest absolute Gasteiger partial charge is 0.406 e. The molecular weight excluding hydrogens is 599 g/mol. The number of rotatable bonds is 14. The number of carbonyl (C=O) groups excluding carboxylic acids is 1. The highest BCUT2D eigenvalue weighted by atomic mass is 19.4. The van der Waals surface area contributed by atoms with Gasteiger partial charge in [0.2, 0.25) is 0 Å². The number of benzene rings is 2. The molecule has 1 aliphatic heterocycles. The van der Waals surface area contributed by atoms with Crippen molar-refractivity contribution in [2.24, 2.45) is 0 Å². The van der Waals surface area contributed by atoms with Gasteiger partial charge in [-0.1, -0.05) is 24.8 Å². The van der Waals surface area contributed by atoms with E-state index >= 15 is 0 Å². The molecule has 4 N–H and O–H groups in total. The Balaban J connectivity index is 1.41. The van der Waals surface area contributed by atoms with Crippen LogP contribution in [0.2, 0.25) is 0 Å². The van der Waals surface area contributed by atoms with Crippen molar-refractivity contribution >= 4 is 34.2 Å². The molecular formula is C34H42F3N5O4. The molecule has 0 radical (unpaired) electrons. The molecule has 0 bridgehead atoms. The van der Waals surface area contributed by atoms with Gasteiger partial charge >= 0.3 is 12.1 Å². The van der Waals surface area contributed by atoms with Gasteiger partial charge in [-0.3, -0.25) is 9.59 Å². The Hall–Kier alpha value is -4.37. The molecule has 3 aromatic rings. The van der Waals surface area contributed by atoms with Crippen molar-refractivity contribution in [3.63, 3.8) is 0 Å². The molecule has 0 aliphatic carbocycles. The number of halogens is 3. The van der Waals surface area contributed by atoms with E-state index in [0.717, 1.165) is 57.4 Å². The zero-order chi connectivity index (χ0) is 33.1. The number of methoxy groups -OCH3 is 1. The molecule has 1 amide bonds. The second kappa shape index (κ2) is 16.3. The van der Waals surface area contributed by atoms with Gasteiger partial charge in [-0.05, 0) is 74.5 Å². The number of piperidine rings is 1. The molecule has 0 unspecified atom stereocenters. The lowest BCUT2D eigenvalue weighted by Crippen LogP contribution is -2.39. The number of carbonyl (C=O) groups is 2. The maximum Gasteiger partial charge on any atom is 0.406 e. The van der Waals surface area contributed by atoms with Gasteiger partial charge in [0, 0.05) is 49.2 Å². The number of fused-ring (bicyclic) bond motifs is 1. The Labute approximate surface area is 267 Å². The van der Waals surface area contributed by atoms with Gasteiger partial charge in [-0.2, -0.15) is 13.2 Å². The molecule has 248 valence electrons. The number of anilines is 2. The SMILES string of the molecule is CNC(=O)c1ccc(NCC#Cc2cc3c(NC4CCN(CCCCCCC(=O)O)CC4)cccc3n2CC(F)(F)F)c(OC)c1. The van der Waals surface area contributed by atoms with Crippen molar-refractivity contribution in [1.29, 1.82) is 0 Å². The van der Waals surface area contributed by atoms with Gasteiger partial charge < -0.3 is 35.3 Å². The second-order valence-corrected chi connectivity index (χ2v) is 11.4. The van der Waals surface area contributed by atoms with Crippen molar-refractivity contribution in [1.82, 2.24) is 14.8 Å². The number of nitrogens with zero attached hydrogens (tertiary/aromatic N) is 2. The first-order valence-corrected chi connectivity index (χ1v) is 15.6. The standard InChI is InChI=1S/C34H42F3N5O4/c1-38-33(45)24-13-14-29(31(21-24)46-2)39-17-8-9-26-22-27-28(10-7-11-30(27)42(26)23-34(35,36)37)40-25-15-19-41(20-16-25)18-6-4-3-5-12-32(43)44/h7,10-11,13-14,21-22,25,39-40H,3-6,12,15-20,23H2,1-2H3,(H,38,45)(H,43,44). The Morgan fingerprint density at radius 3 is 2.50 bits per heavy atom. The van der Waals surface area contributed by atoms with Crippen molar-refractivity contribution in [3.05, 3.63) is 53.7 Å². The molecule has 0 saturated carbocycles. The van der Waals surface area contributed by atoms with Crippen molar-refractivity contribution < 1.29 is 32.6 Å². The van der Waals surface area contributed by atoms with Crippen LogP contribution in [-0.4, -0.2) is 79.0 Å². The van der Waals surface area contributed by atoms with E-state index < -0.39 is 18.7 Å². The number of carboxylic acids is 1. The highest BCUT2D eigenvalue weighted by Crippen LogP contribution is 2.31. The first-order valence-electron chi connectivity index (χ1n) is 15.6. The number of ether oxygens (including phenoxy) is 1. The van der Waals surface area contributed by atoms with Crippen LogP contribution >= 0.6 is 0 Å². The minimum absolute atomic E-state index is 0.148. The van der Waals surface area contributed by atoms with E-state index in [1.807, 2.05) is 6.07 Å². The highest BCUT2D eigenvalue weighted by Gasteiger charge is 2.30. The summed E-state index contributed by atoms with van der Waals surface area (Å²) in [5.74, 6) is 5.32. The fraction of sp³-hybridized carbons (Fsp3) is 0.471. The summed E-state index contributed by atoms with van der Waals surface area (Å²) < 4.78 is 47.6. The van der Waals surface area contributed by atoms with Crippen LogP contribution in [0.4, 0.5) is 24.5 Å². The molecule has 0 atom stereocenters. The highest BCUT2D eigenvalue weighted by molar-refractivity contribution is 5.95. The first kappa shape index (κ1) is 34.5. The minimum atomic E-state index is -4.42. The number of likely N-dealkylation sites (tertiary alicyclic amines) is 1. The van der Waals surface area contributed by atoms with Crippen LogP contribution in [0.3, 0.4) is 0 Å². The number of amides is 1. The van der Waals surface area contributed by atoms with E-state index in [-0.39, 0.29) is 30.6 Å². The normalized spacial score (nSPS) is 14.0. The number of hydrogen-bond donors (Lipinski definition) is 4. The summed E-state index contributed by atoms with van der Waals surface area (Å²) in [7, 11) is 3.02. The number of unbranched alkanes of at least 4 members (excludes halogenated alkanes) is 3. The Kier molecular flexibility index (Phi) is 12.2. The van der Waals surface area contributed by atoms with Gasteiger partial charge in [0.15, 0.2) is 0 Å². The third-order valence-electron chi connectivity index (χ3n) is 8.12. The third-order valence-corrected chi connectivity index (χ3v) is 8.12. The van der Waals surface area contributed by atoms with Crippen LogP contribution < -0.4 is 20.7 Å². The van der Waals surface area contributed by atoms with E-state index in [2.05, 4.69) is 32.7 Å². The predicted molar refractivity (Wildman–Crippen MR) is 174 cm³/mol. The third kappa shape index (κ3) is 9.81. The summed E-state index contributed by atoms with van der Waals surface area (Å²) in [6.07, 6.45) is 1.34. The number of aromatic nitrogens is 1. The van der Waals surface area contributed by atoms with Gasteiger partial charge in [0.1, 0.15) is 12.3 Å². The largest absolute Gasteiger partial charge is 0.495 e. The Morgan fingerprint density at radius 2 is 1.80 bits per heavy atom. The zero-order valence-electron chi connectivity index (χ0n) is 26.3. The van der Waals surface area contributed by atoms with Gasteiger partial charge in [-0.15, -0.1) is 0 Å². The lowest BCUT2D eigenvalue weighted by atomic mass is 10.0. The molecule has 9 nitrogen and oxygen atoms in total. The molecule has 1 fully saturated rings. The fourth-order valence-corrected chi connectivity index (χ4v) is 5.75. The molecule has 1 aromatic heterocycles. The van der Waals surface area contributed by atoms with Crippen LogP contribution in [0.15, 0.2) is 42.5 Å². The number of aliphatic carboxylic acids is 1. The van der Waals surface area contributed by atoms with Gasteiger partial charge in [-0.25, -0.2) is 0 Å². The molecule has 12 heteroatoms. The molecule has 2 aromatic carbocycles. The number of nitrogens with one attached hydrogen (secondary N) is 3. The van der Waals surface area contributed by atoms with Gasteiger partial charge in [0.05, 0.1) is 30.6 Å². The summed E-state index contributed by atoms with van der Waals surface area (Å²) in [6, 6.07) is 12.2. The summed E-state index contributed by atoms with van der Waals surface area (Å²) in [4.78, 5) is 25.0. The lowest BCUT2D eigenvalue weighted by molar-refractivity contribution is -0.140. The monoisotopic (exact) mass is 641 g/mol. The minimum Gasteiger partial charge on any atom is -0.495 e. The average molecular weight is 642 g/mol. The topological polar surface area (TPSA) is 108 Å². The second-order valence-electron chi connectivity index (χ2n) is 11.4. The maximum atomic E-state index is 13.7. The molecule has 0 spiro atoms. The summed E-state index contributed by atoms with van der Waals surface area (Å²) in [5.41, 5.74) is 2.56. The molecule has 46 heavy (non-hydrogen) atoms. The number of alkyl halides is 3. The quantitative estimate of drug-likeness (QED) is 0.127. The van der Waals surface area contributed by atoms with Crippen molar-refractivity contribution in [3.8, 4) is 17.6 Å². The van der Waals surface area contributed by atoms with Crippen LogP contribution in [0.1, 0.15) is 61.0 Å². The van der Waals surface area contributed by atoms with Crippen LogP contribution in [-0.2, 0) is 11.3 Å². The van der Waals surface area contributed by atoms with Crippen LogP contribution in [0, 0.1) is 11.8 Å². The molecule has 4 rings (SSSR count). The van der Waals surface area contributed by atoms with Crippen molar-refractivity contribution in [2.75, 3.05) is 51.0 Å². The van der Waals surface area contributed by atoms with E-state index in [4.69, 9.17) is 9.84 Å². The van der Waals surface area contributed by atoms with E-state index in [0.29, 0.717) is 34.3 Å². The first-order chi connectivity index (χ1) is 22.1. The summed E-state index contributed by atoms with van der Waals surface area (Å²) in [5, 5.41) is 18.7. The lowest BCUT2D eigenvalue weighted by Gasteiger charge is -2.33.